The first-order chi connectivity index (χ1) is 7.61. The van der Waals surface area contributed by atoms with E-state index in [0.29, 0.717) is 17.6 Å². The molecule has 3 fully saturated rings. The first-order valence-electron chi connectivity index (χ1n) is 6.48. The molecule has 0 aromatic rings. The molecule has 0 amide bonds. The molecular weight excluding hydrogens is 204 g/mol. The Labute approximate surface area is 96.2 Å². The Morgan fingerprint density at radius 1 is 1.31 bits per heavy atom. The molecule has 90 valence electrons. The molecule has 2 unspecified atom stereocenters. The maximum Gasteiger partial charge on any atom is 0.154 e. The Morgan fingerprint density at radius 2 is 2.12 bits per heavy atom. The highest BCUT2D eigenvalue weighted by molar-refractivity contribution is 5.87. The molecule has 0 aromatic carbocycles. The predicted molar refractivity (Wildman–Crippen MR) is 58.7 cm³/mol. The van der Waals surface area contributed by atoms with Crippen LogP contribution in [-0.4, -0.2) is 23.3 Å². The number of carbonyl (C=O) groups is 1. The van der Waals surface area contributed by atoms with Gasteiger partial charge >= 0.3 is 0 Å². The minimum atomic E-state index is -0.567. The maximum absolute atomic E-state index is 12.0. The van der Waals surface area contributed by atoms with Crippen molar-refractivity contribution in [1.29, 1.82) is 0 Å². The molecule has 0 aromatic heterocycles. The van der Waals surface area contributed by atoms with E-state index in [2.05, 4.69) is 6.92 Å². The molecule has 3 rings (SSSR count). The predicted octanol–water partition coefficient (Wildman–Crippen LogP) is 1.88. The molecule has 1 heterocycles. The Balaban J connectivity index is 1.84. The Hall–Kier alpha value is -0.410. The van der Waals surface area contributed by atoms with Gasteiger partial charge in [0.1, 0.15) is 5.78 Å². The molecule has 2 aliphatic carbocycles. The van der Waals surface area contributed by atoms with Gasteiger partial charge in [0.2, 0.25) is 0 Å². The summed E-state index contributed by atoms with van der Waals surface area (Å²) in [5, 5.41) is 9.52. The number of carbonyl (C=O) groups excluding carboxylic acids is 1. The van der Waals surface area contributed by atoms with E-state index in [1.165, 1.54) is 0 Å². The van der Waals surface area contributed by atoms with Crippen LogP contribution >= 0.6 is 0 Å². The van der Waals surface area contributed by atoms with Gasteiger partial charge in [-0.2, -0.15) is 0 Å². The molecule has 1 aliphatic heterocycles. The molecule has 0 spiro atoms. The third kappa shape index (κ3) is 1.37. The van der Waals surface area contributed by atoms with Gasteiger partial charge in [0.25, 0.3) is 0 Å². The standard InChI is InChI=1S/C13H20O3/c1-13-7-6-10-8(2-5-12(15)16-10)9(13)3-4-11(13)14/h8-10,12,15H,2-7H2,1H3/t8?,9-,10+,12?,13-/m0/s1. The van der Waals surface area contributed by atoms with Gasteiger partial charge in [-0.05, 0) is 43.9 Å². The first kappa shape index (κ1) is 10.7. The van der Waals surface area contributed by atoms with E-state index >= 15 is 0 Å². The number of ketones is 1. The average molecular weight is 224 g/mol. The monoisotopic (exact) mass is 224 g/mol. The number of aliphatic hydroxyl groups is 1. The smallest absolute Gasteiger partial charge is 0.154 e. The minimum absolute atomic E-state index is 0.0766. The van der Waals surface area contributed by atoms with Crippen molar-refractivity contribution in [2.45, 2.75) is 57.8 Å². The quantitative estimate of drug-likeness (QED) is 0.683. The summed E-state index contributed by atoms with van der Waals surface area (Å²) in [6, 6.07) is 0. The number of Topliss-reactive ketones (excluding diaryl/α,β-unsaturated/α-hetero) is 1. The third-order valence-corrected chi connectivity index (χ3v) is 5.16. The van der Waals surface area contributed by atoms with Gasteiger partial charge in [0, 0.05) is 11.8 Å². The van der Waals surface area contributed by atoms with Gasteiger partial charge in [-0.15, -0.1) is 0 Å². The Bertz CT molecular complexity index is 314. The summed E-state index contributed by atoms with van der Waals surface area (Å²) in [5.74, 6) is 1.47. The molecule has 3 aliphatic rings. The van der Waals surface area contributed by atoms with Crippen molar-refractivity contribution in [3.63, 3.8) is 0 Å². The summed E-state index contributed by atoms with van der Waals surface area (Å²) >= 11 is 0. The van der Waals surface area contributed by atoms with Crippen LogP contribution in [0.1, 0.15) is 45.4 Å². The second kappa shape index (κ2) is 3.54. The van der Waals surface area contributed by atoms with Crippen molar-refractivity contribution in [2.24, 2.45) is 17.3 Å². The fraction of sp³-hybridized carbons (Fsp3) is 0.923. The lowest BCUT2D eigenvalue weighted by Gasteiger charge is -2.48. The lowest BCUT2D eigenvalue weighted by Crippen LogP contribution is -2.48. The number of rotatable bonds is 0. The van der Waals surface area contributed by atoms with E-state index < -0.39 is 6.29 Å². The van der Waals surface area contributed by atoms with E-state index in [0.717, 1.165) is 38.5 Å². The van der Waals surface area contributed by atoms with Crippen LogP contribution in [0.25, 0.3) is 0 Å². The maximum atomic E-state index is 12.0. The van der Waals surface area contributed by atoms with Gasteiger partial charge in [0.15, 0.2) is 6.29 Å². The van der Waals surface area contributed by atoms with E-state index in [-0.39, 0.29) is 11.5 Å². The fourth-order valence-corrected chi connectivity index (χ4v) is 4.19. The highest BCUT2D eigenvalue weighted by atomic mass is 16.6. The van der Waals surface area contributed by atoms with Crippen LogP contribution in [0.4, 0.5) is 0 Å². The van der Waals surface area contributed by atoms with Crippen molar-refractivity contribution in [3.05, 3.63) is 0 Å². The van der Waals surface area contributed by atoms with Crippen LogP contribution in [0.15, 0.2) is 0 Å². The topological polar surface area (TPSA) is 46.5 Å². The SMILES string of the molecule is C[C@]12CC[C@H]3OC(O)CCC3[C@@H]1CCC2=O. The molecule has 5 atom stereocenters. The molecule has 0 bridgehead atoms. The van der Waals surface area contributed by atoms with Crippen LogP contribution in [0.2, 0.25) is 0 Å². The first-order valence-corrected chi connectivity index (χ1v) is 6.48. The lowest BCUT2D eigenvalue weighted by molar-refractivity contribution is -0.209. The summed E-state index contributed by atoms with van der Waals surface area (Å²) in [6.07, 6.45) is 5.09. The van der Waals surface area contributed by atoms with Crippen LogP contribution < -0.4 is 0 Å². The normalized spacial score (nSPS) is 52.2. The van der Waals surface area contributed by atoms with E-state index in [4.69, 9.17) is 4.74 Å². The second-order valence-electron chi connectivity index (χ2n) is 5.89. The van der Waals surface area contributed by atoms with E-state index in [1.54, 1.807) is 0 Å². The van der Waals surface area contributed by atoms with Crippen molar-refractivity contribution in [2.75, 3.05) is 0 Å². The van der Waals surface area contributed by atoms with Crippen molar-refractivity contribution < 1.29 is 14.6 Å². The van der Waals surface area contributed by atoms with Crippen LogP contribution in [0, 0.1) is 17.3 Å². The average Bonchev–Trinajstić information content (AvgIpc) is 2.56. The molecule has 3 nitrogen and oxygen atoms in total. The summed E-state index contributed by atoms with van der Waals surface area (Å²) < 4.78 is 5.62. The zero-order valence-electron chi connectivity index (χ0n) is 9.82. The lowest BCUT2D eigenvalue weighted by atomic mass is 9.61. The van der Waals surface area contributed by atoms with Crippen LogP contribution in [0.3, 0.4) is 0 Å². The summed E-state index contributed by atoms with van der Waals surface area (Å²) in [6.45, 7) is 2.15. The van der Waals surface area contributed by atoms with Crippen LogP contribution in [-0.2, 0) is 9.53 Å². The second-order valence-corrected chi connectivity index (χ2v) is 5.89. The molecule has 1 saturated heterocycles. The largest absolute Gasteiger partial charge is 0.368 e. The zero-order chi connectivity index (χ0) is 11.3. The van der Waals surface area contributed by atoms with Gasteiger partial charge < -0.3 is 9.84 Å². The van der Waals surface area contributed by atoms with Gasteiger partial charge in [0.05, 0.1) is 6.10 Å². The minimum Gasteiger partial charge on any atom is -0.368 e. The van der Waals surface area contributed by atoms with Crippen molar-refractivity contribution >= 4 is 5.78 Å². The van der Waals surface area contributed by atoms with Gasteiger partial charge in [-0.25, -0.2) is 0 Å². The zero-order valence-corrected chi connectivity index (χ0v) is 9.82. The number of ether oxygens (including phenoxy) is 1. The van der Waals surface area contributed by atoms with Crippen LogP contribution in [0.5, 0.6) is 0 Å². The molecule has 16 heavy (non-hydrogen) atoms. The highest BCUT2D eigenvalue weighted by Gasteiger charge is 2.54. The van der Waals surface area contributed by atoms with E-state index in [1.807, 2.05) is 0 Å². The molecule has 1 N–H and O–H groups in total. The summed E-state index contributed by atoms with van der Waals surface area (Å²) in [5.41, 5.74) is -0.0766. The number of hydrogen-bond acceptors (Lipinski definition) is 3. The van der Waals surface area contributed by atoms with E-state index in [9.17, 15) is 9.90 Å². The molecule has 0 radical (unpaired) electrons. The summed E-state index contributed by atoms with van der Waals surface area (Å²) in [7, 11) is 0. The fourth-order valence-electron chi connectivity index (χ4n) is 4.19. The van der Waals surface area contributed by atoms with Gasteiger partial charge in [-0.1, -0.05) is 6.92 Å². The van der Waals surface area contributed by atoms with Gasteiger partial charge in [-0.3, -0.25) is 4.79 Å². The number of hydrogen-bond donors (Lipinski definition) is 1. The Kier molecular flexibility index (Phi) is 2.37. The number of fused-ring (bicyclic) bond motifs is 3. The highest BCUT2D eigenvalue weighted by Crippen LogP contribution is 2.55. The molecule has 3 heteroatoms. The Morgan fingerprint density at radius 3 is 2.94 bits per heavy atom. The van der Waals surface area contributed by atoms with Crippen molar-refractivity contribution in [3.8, 4) is 0 Å². The number of aliphatic hydroxyl groups excluding tert-OH is 1. The molecule has 2 saturated carbocycles. The third-order valence-electron chi connectivity index (χ3n) is 5.16. The molecular formula is C13H20O3. The van der Waals surface area contributed by atoms with Crippen molar-refractivity contribution in [1.82, 2.24) is 0 Å². The summed E-state index contributed by atoms with van der Waals surface area (Å²) in [4.78, 5) is 12.0.